The summed E-state index contributed by atoms with van der Waals surface area (Å²) in [6.45, 7) is 8.10. The van der Waals surface area contributed by atoms with Crippen molar-refractivity contribution in [2.75, 3.05) is 7.11 Å². The first-order valence-electron chi connectivity index (χ1n) is 9.44. The normalized spacial score (nSPS) is 11.8. The van der Waals surface area contributed by atoms with Gasteiger partial charge in [-0.2, -0.15) is 4.80 Å². The number of nitrogens with zero attached hydrogens (tertiary/aromatic N) is 6. The van der Waals surface area contributed by atoms with Gasteiger partial charge in [0.2, 0.25) is 17.6 Å². The molecule has 8 nitrogen and oxygen atoms in total. The molecule has 2 aromatic heterocycles. The molecule has 0 aliphatic rings. The molecule has 0 atom stereocenters. The van der Waals surface area contributed by atoms with Crippen LogP contribution in [0.5, 0.6) is 5.75 Å². The lowest BCUT2D eigenvalue weighted by Gasteiger charge is -2.06. The molecule has 3 rings (SSSR count). The molecule has 0 unspecified atom stereocenters. The number of rotatable bonds is 8. The molecule has 8 heteroatoms. The van der Waals surface area contributed by atoms with Gasteiger partial charge in [0.15, 0.2) is 0 Å². The van der Waals surface area contributed by atoms with Crippen molar-refractivity contribution in [3.8, 4) is 17.1 Å². The number of methoxy groups -OCH3 is 1. The summed E-state index contributed by atoms with van der Waals surface area (Å²) < 4.78 is 11.1. The summed E-state index contributed by atoms with van der Waals surface area (Å²) in [5.41, 5.74) is 1.85. The Kier molecular flexibility index (Phi) is 6.18. The van der Waals surface area contributed by atoms with E-state index in [0.717, 1.165) is 23.3 Å². The summed E-state index contributed by atoms with van der Waals surface area (Å²) in [6, 6.07) is 6.02. The molecule has 28 heavy (non-hydrogen) atoms. The quantitative estimate of drug-likeness (QED) is 0.579. The molecule has 3 aromatic rings. The third-order valence-electron chi connectivity index (χ3n) is 4.18. The summed E-state index contributed by atoms with van der Waals surface area (Å²) in [5.74, 6) is 2.96. The number of allylic oxidation sites excluding steroid dienone is 1. The van der Waals surface area contributed by atoms with E-state index >= 15 is 0 Å². The predicted molar refractivity (Wildman–Crippen MR) is 106 cm³/mol. The average molecular weight is 382 g/mol. The molecule has 0 aliphatic carbocycles. The van der Waals surface area contributed by atoms with E-state index in [4.69, 9.17) is 9.15 Å². The maximum atomic E-state index is 5.63. The van der Waals surface area contributed by atoms with Gasteiger partial charge in [0.25, 0.3) is 0 Å². The lowest BCUT2D eigenvalue weighted by molar-refractivity contribution is 0.414. The van der Waals surface area contributed by atoms with Crippen LogP contribution in [0.4, 0.5) is 0 Å². The second-order valence-electron chi connectivity index (χ2n) is 7.11. The highest BCUT2D eigenvalue weighted by Crippen LogP contribution is 2.26. The number of aromatic nitrogens is 6. The maximum absolute atomic E-state index is 5.63. The molecule has 0 bridgehead atoms. The van der Waals surface area contributed by atoms with Crippen molar-refractivity contribution < 1.29 is 9.15 Å². The summed E-state index contributed by atoms with van der Waals surface area (Å²) in [6.07, 6.45) is 5.57. The van der Waals surface area contributed by atoms with Gasteiger partial charge in [0.1, 0.15) is 5.75 Å². The van der Waals surface area contributed by atoms with E-state index in [-0.39, 0.29) is 12.0 Å². The van der Waals surface area contributed by atoms with Crippen molar-refractivity contribution in [1.29, 1.82) is 0 Å². The highest BCUT2D eigenvalue weighted by molar-refractivity contribution is 5.66. The minimum atomic E-state index is 0.166. The molecule has 0 fully saturated rings. The fraction of sp³-hybridized carbons (Fsp3) is 0.450. The van der Waals surface area contributed by atoms with Crippen LogP contribution in [0.25, 0.3) is 17.5 Å². The fourth-order valence-electron chi connectivity index (χ4n) is 2.58. The molecule has 148 valence electrons. The third-order valence-corrected chi connectivity index (χ3v) is 4.18. The monoisotopic (exact) mass is 382 g/mol. The second kappa shape index (κ2) is 8.77. The molecule has 0 amide bonds. The average Bonchev–Trinajstić information content (AvgIpc) is 3.35. The molecular formula is C20H26N6O2. The van der Waals surface area contributed by atoms with E-state index in [2.05, 4.69) is 31.7 Å². The molecule has 0 saturated heterocycles. The Hall–Kier alpha value is -3.03. The number of aryl methyl sites for hydroxylation is 1. The van der Waals surface area contributed by atoms with Gasteiger partial charge in [-0.25, -0.2) is 0 Å². The molecule has 0 aliphatic heterocycles. The number of ether oxygens (including phenoxy) is 1. The van der Waals surface area contributed by atoms with E-state index in [1.807, 2.05) is 52.0 Å². The van der Waals surface area contributed by atoms with Crippen LogP contribution >= 0.6 is 0 Å². The molecule has 0 saturated carbocycles. The van der Waals surface area contributed by atoms with Crippen molar-refractivity contribution in [2.24, 2.45) is 0 Å². The second-order valence-corrected chi connectivity index (χ2v) is 7.11. The van der Waals surface area contributed by atoms with Crippen LogP contribution < -0.4 is 4.74 Å². The van der Waals surface area contributed by atoms with Crippen LogP contribution in [0.3, 0.4) is 0 Å². The van der Waals surface area contributed by atoms with Crippen LogP contribution in [0.1, 0.15) is 63.4 Å². The Bertz CT molecular complexity index is 942. The highest BCUT2D eigenvalue weighted by atomic mass is 16.5. The van der Waals surface area contributed by atoms with Crippen molar-refractivity contribution in [3.63, 3.8) is 0 Å². The third kappa shape index (κ3) is 4.62. The van der Waals surface area contributed by atoms with E-state index in [1.165, 1.54) is 0 Å². The Labute approximate surface area is 164 Å². The van der Waals surface area contributed by atoms with Crippen molar-refractivity contribution in [3.05, 3.63) is 41.6 Å². The van der Waals surface area contributed by atoms with Gasteiger partial charge in [0.05, 0.1) is 13.2 Å². The molecule has 2 heterocycles. The molecule has 1 aromatic carbocycles. The van der Waals surface area contributed by atoms with Crippen molar-refractivity contribution >= 4 is 6.08 Å². The van der Waals surface area contributed by atoms with Crippen LogP contribution in [0, 0.1) is 0 Å². The number of tetrazole rings is 1. The molecular weight excluding hydrogens is 356 g/mol. The zero-order valence-corrected chi connectivity index (χ0v) is 17.0. The first-order valence-corrected chi connectivity index (χ1v) is 9.44. The maximum Gasteiger partial charge on any atom is 0.219 e. The summed E-state index contributed by atoms with van der Waals surface area (Å²) in [5, 5.41) is 20.8. The topological polar surface area (TPSA) is 91.8 Å². The lowest BCUT2D eigenvalue weighted by Crippen LogP contribution is -2.04. The first-order chi connectivity index (χ1) is 13.5. The predicted octanol–water partition coefficient (Wildman–Crippen LogP) is 4.08. The van der Waals surface area contributed by atoms with Crippen LogP contribution in [0.15, 0.2) is 28.7 Å². The van der Waals surface area contributed by atoms with Gasteiger partial charge in [-0.15, -0.1) is 20.4 Å². The number of hydrogen-bond acceptors (Lipinski definition) is 7. The summed E-state index contributed by atoms with van der Waals surface area (Å²) >= 11 is 0. The molecule has 0 radical (unpaired) electrons. The van der Waals surface area contributed by atoms with Gasteiger partial charge in [-0.1, -0.05) is 26.0 Å². The number of hydrogen-bond donors (Lipinski definition) is 0. The van der Waals surface area contributed by atoms with Crippen LogP contribution in [-0.4, -0.2) is 37.5 Å². The molecule has 0 N–H and O–H groups in total. The van der Waals surface area contributed by atoms with Gasteiger partial charge in [-0.3, -0.25) is 0 Å². The zero-order chi connectivity index (χ0) is 20.1. The lowest BCUT2D eigenvalue weighted by atomic mass is 10.1. The Balaban J connectivity index is 1.71. The van der Waals surface area contributed by atoms with Crippen molar-refractivity contribution in [2.45, 2.75) is 52.5 Å². The minimum Gasteiger partial charge on any atom is -0.496 e. The SMILES string of the molecule is COc1ccc(-c2nnn(C(C)C)n2)cc1C=CCCc1nnc(C(C)C)o1. The standard InChI is InChI=1S/C20H26N6O2/c1-13(2)20-23-21-18(28-20)9-7-6-8-15-12-16(10-11-17(15)27-5)19-22-25-26(24-19)14(3)4/h6,8,10-14H,7,9H2,1-5H3. The minimum absolute atomic E-state index is 0.166. The molecule has 0 spiro atoms. The summed E-state index contributed by atoms with van der Waals surface area (Å²) in [7, 11) is 1.66. The van der Waals surface area contributed by atoms with Crippen LogP contribution in [0.2, 0.25) is 0 Å². The van der Waals surface area contributed by atoms with E-state index in [9.17, 15) is 0 Å². The van der Waals surface area contributed by atoms with Gasteiger partial charge in [-0.05, 0) is 43.7 Å². The first kappa shape index (κ1) is 19.7. The number of benzene rings is 1. The Morgan fingerprint density at radius 1 is 1.14 bits per heavy atom. The zero-order valence-electron chi connectivity index (χ0n) is 17.0. The summed E-state index contributed by atoms with van der Waals surface area (Å²) in [4.78, 5) is 1.60. The van der Waals surface area contributed by atoms with Gasteiger partial charge < -0.3 is 9.15 Å². The fourth-order valence-corrected chi connectivity index (χ4v) is 2.58. The van der Waals surface area contributed by atoms with Crippen molar-refractivity contribution in [1.82, 2.24) is 30.4 Å². The van der Waals surface area contributed by atoms with E-state index < -0.39 is 0 Å². The Morgan fingerprint density at radius 3 is 2.61 bits per heavy atom. The Morgan fingerprint density at radius 2 is 1.96 bits per heavy atom. The van der Waals surface area contributed by atoms with Gasteiger partial charge >= 0.3 is 0 Å². The smallest absolute Gasteiger partial charge is 0.219 e. The van der Waals surface area contributed by atoms with E-state index in [1.54, 1.807) is 11.9 Å². The largest absolute Gasteiger partial charge is 0.496 e. The van der Waals surface area contributed by atoms with Gasteiger partial charge in [0, 0.05) is 23.5 Å². The van der Waals surface area contributed by atoms with Crippen LogP contribution in [-0.2, 0) is 6.42 Å². The van der Waals surface area contributed by atoms with E-state index in [0.29, 0.717) is 24.0 Å². The highest BCUT2D eigenvalue weighted by Gasteiger charge is 2.11.